The van der Waals surface area contributed by atoms with Gasteiger partial charge in [-0.15, -0.1) is 6.58 Å². The molecule has 0 bridgehead atoms. The van der Waals surface area contributed by atoms with Crippen LogP contribution in [0.1, 0.15) is 11.7 Å². The molecule has 1 atom stereocenters. The number of halogens is 1. The van der Waals surface area contributed by atoms with E-state index in [9.17, 15) is 0 Å². The predicted molar refractivity (Wildman–Crippen MR) is 54.1 cm³/mol. The average Bonchev–Trinajstić information content (AvgIpc) is 2.05. The Morgan fingerprint density at radius 3 is 2.82 bits per heavy atom. The topological polar surface area (TPSA) is 38.9 Å². The third-order valence-corrected chi connectivity index (χ3v) is 1.98. The van der Waals surface area contributed by atoms with Gasteiger partial charge >= 0.3 is 0 Å². The summed E-state index contributed by atoms with van der Waals surface area (Å²) in [4.78, 5) is 4.15. The van der Waals surface area contributed by atoms with Crippen LogP contribution in [0.5, 0.6) is 0 Å². The summed E-state index contributed by atoms with van der Waals surface area (Å²) in [6.07, 6.45) is 3.47. The Kier molecular flexibility index (Phi) is 3.02. The molecule has 1 rings (SSSR count). The molecule has 1 aromatic heterocycles. The number of pyridine rings is 1. The average molecular weight is 260 g/mol. The maximum Gasteiger partial charge on any atom is 0.0653 e. The molecule has 0 aliphatic heterocycles. The second kappa shape index (κ2) is 3.82. The van der Waals surface area contributed by atoms with Gasteiger partial charge in [0.25, 0.3) is 0 Å². The molecule has 0 amide bonds. The first kappa shape index (κ1) is 8.67. The van der Waals surface area contributed by atoms with Crippen molar-refractivity contribution >= 4 is 22.6 Å². The highest BCUT2D eigenvalue weighted by atomic mass is 127. The quantitative estimate of drug-likeness (QED) is 0.651. The second-order valence-electron chi connectivity index (χ2n) is 2.16. The zero-order chi connectivity index (χ0) is 8.27. The molecule has 0 saturated carbocycles. The highest BCUT2D eigenvalue weighted by Crippen LogP contribution is 2.09. The Labute approximate surface area is 79.7 Å². The highest BCUT2D eigenvalue weighted by Gasteiger charge is 2.00. The van der Waals surface area contributed by atoms with E-state index in [4.69, 9.17) is 5.73 Å². The Morgan fingerprint density at radius 1 is 1.64 bits per heavy atom. The summed E-state index contributed by atoms with van der Waals surface area (Å²) in [5, 5.41) is 0. The monoisotopic (exact) mass is 260 g/mol. The lowest BCUT2D eigenvalue weighted by Crippen LogP contribution is -2.08. The summed E-state index contributed by atoms with van der Waals surface area (Å²) in [7, 11) is 0. The fourth-order valence-corrected chi connectivity index (χ4v) is 1.02. The van der Waals surface area contributed by atoms with Crippen LogP contribution in [0.15, 0.2) is 31.0 Å². The lowest BCUT2D eigenvalue weighted by atomic mass is 10.2. The van der Waals surface area contributed by atoms with Gasteiger partial charge in [0.05, 0.1) is 11.7 Å². The predicted octanol–water partition coefficient (Wildman–Crippen LogP) is 1.87. The van der Waals surface area contributed by atoms with E-state index in [2.05, 4.69) is 34.2 Å². The molecule has 0 aliphatic rings. The SMILES string of the molecule is C=CC(N)c1ccc(I)cn1. The summed E-state index contributed by atoms with van der Waals surface area (Å²) in [6.45, 7) is 3.59. The summed E-state index contributed by atoms with van der Waals surface area (Å²) in [5.74, 6) is 0. The molecule has 0 saturated heterocycles. The third-order valence-electron chi connectivity index (χ3n) is 1.35. The van der Waals surface area contributed by atoms with Crippen LogP contribution in [0.4, 0.5) is 0 Å². The molecule has 3 heteroatoms. The Hall–Kier alpha value is -0.420. The number of rotatable bonds is 2. The van der Waals surface area contributed by atoms with Gasteiger partial charge in [0.1, 0.15) is 0 Å². The van der Waals surface area contributed by atoms with E-state index in [-0.39, 0.29) is 6.04 Å². The maximum atomic E-state index is 5.66. The minimum Gasteiger partial charge on any atom is -0.319 e. The molecule has 2 nitrogen and oxygen atoms in total. The number of nitrogens with zero attached hydrogens (tertiary/aromatic N) is 1. The Morgan fingerprint density at radius 2 is 2.36 bits per heavy atom. The van der Waals surface area contributed by atoms with Crippen LogP contribution in [-0.2, 0) is 0 Å². The smallest absolute Gasteiger partial charge is 0.0653 e. The van der Waals surface area contributed by atoms with Crippen molar-refractivity contribution in [2.75, 3.05) is 0 Å². The molecule has 0 aromatic carbocycles. The van der Waals surface area contributed by atoms with Crippen LogP contribution in [0.25, 0.3) is 0 Å². The van der Waals surface area contributed by atoms with Gasteiger partial charge in [0, 0.05) is 9.77 Å². The molecule has 0 spiro atoms. The van der Waals surface area contributed by atoms with Gasteiger partial charge in [-0.3, -0.25) is 4.98 Å². The van der Waals surface area contributed by atoms with Gasteiger partial charge in [-0.2, -0.15) is 0 Å². The number of aromatic nitrogens is 1. The first-order chi connectivity index (χ1) is 5.24. The first-order valence-corrected chi connectivity index (χ1v) is 4.31. The largest absolute Gasteiger partial charge is 0.319 e. The van der Waals surface area contributed by atoms with Crippen LogP contribution >= 0.6 is 22.6 Å². The maximum absolute atomic E-state index is 5.66. The van der Waals surface area contributed by atoms with Crippen molar-refractivity contribution < 1.29 is 0 Å². The summed E-state index contributed by atoms with van der Waals surface area (Å²) < 4.78 is 1.11. The van der Waals surface area contributed by atoms with Crippen molar-refractivity contribution in [3.63, 3.8) is 0 Å². The molecule has 1 unspecified atom stereocenters. The van der Waals surface area contributed by atoms with Gasteiger partial charge in [-0.25, -0.2) is 0 Å². The van der Waals surface area contributed by atoms with Crippen molar-refractivity contribution in [3.05, 3.63) is 40.2 Å². The van der Waals surface area contributed by atoms with Crippen molar-refractivity contribution in [1.29, 1.82) is 0 Å². The van der Waals surface area contributed by atoms with Gasteiger partial charge in [0.15, 0.2) is 0 Å². The molecule has 11 heavy (non-hydrogen) atoms. The van der Waals surface area contributed by atoms with E-state index >= 15 is 0 Å². The zero-order valence-electron chi connectivity index (χ0n) is 6.00. The molecular formula is C8H9IN2. The minimum atomic E-state index is -0.146. The summed E-state index contributed by atoms with van der Waals surface area (Å²) in [5.41, 5.74) is 6.52. The van der Waals surface area contributed by atoms with Crippen molar-refractivity contribution in [2.45, 2.75) is 6.04 Å². The van der Waals surface area contributed by atoms with E-state index < -0.39 is 0 Å². The van der Waals surface area contributed by atoms with Gasteiger partial charge in [0.2, 0.25) is 0 Å². The van der Waals surface area contributed by atoms with Crippen molar-refractivity contribution in [1.82, 2.24) is 4.98 Å². The van der Waals surface area contributed by atoms with Gasteiger partial charge in [-0.05, 0) is 34.7 Å². The van der Waals surface area contributed by atoms with Crippen LogP contribution in [0.2, 0.25) is 0 Å². The molecule has 0 radical (unpaired) electrons. The van der Waals surface area contributed by atoms with Crippen LogP contribution in [0.3, 0.4) is 0 Å². The van der Waals surface area contributed by atoms with Crippen molar-refractivity contribution in [2.24, 2.45) is 5.73 Å². The lowest BCUT2D eigenvalue weighted by molar-refractivity contribution is 0.863. The number of hydrogen-bond acceptors (Lipinski definition) is 2. The molecule has 1 aromatic rings. The van der Waals surface area contributed by atoms with Crippen LogP contribution < -0.4 is 5.73 Å². The van der Waals surface area contributed by atoms with E-state index in [1.807, 2.05) is 12.1 Å². The van der Waals surface area contributed by atoms with Gasteiger partial charge < -0.3 is 5.73 Å². The normalized spacial score (nSPS) is 12.5. The van der Waals surface area contributed by atoms with E-state index in [0.29, 0.717) is 0 Å². The fraction of sp³-hybridized carbons (Fsp3) is 0.125. The standard InChI is InChI=1S/C8H9IN2/c1-2-7(10)8-4-3-6(9)5-11-8/h2-5,7H,1,10H2. The lowest BCUT2D eigenvalue weighted by Gasteiger charge is -2.03. The zero-order valence-corrected chi connectivity index (χ0v) is 8.15. The summed E-state index contributed by atoms with van der Waals surface area (Å²) >= 11 is 2.20. The van der Waals surface area contributed by atoms with Crippen LogP contribution in [-0.4, -0.2) is 4.98 Å². The third kappa shape index (κ3) is 2.27. The molecule has 58 valence electrons. The fourth-order valence-electron chi connectivity index (χ4n) is 0.705. The number of hydrogen-bond donors (Lipinski definition) is 1. The first-order valence-electron chi connectivity index (χ1n) is 3.23. The second-order valence-corrected chi connectivity index (χ2v) is 3.41. The molecule has 0 fully saturated rings. The summed E-state index contributed by atoms with van der Waals surface area (Å²) in [6, 6.07) is 3.74. The van der Waals surface area contributed by atoms with E-state index in [1.165, 1.54) is 0 Å². The molecule has 1 heterocycles. The van der Waals surface area contributed by atoms with Gasteiger partial charge in [-0.1, -0.05) is 6.08 Å². The number of nitrogens with two attached hydrogens (primary N) is 1. The minimum absolute atomic E-state index is 0.146. The molecule has 2 N–H and O–H groups in total. The molecule has 0 aliphatic carbocycles. The Bertz CT molecular complexity index is 243. The Balaban J connectivity index is 2.89. The van der Waals surface area contributed by atoms with E-state index in [1.54, 1.807) is 12.3 Å². The van der Waals surface area contributed by atoms with Crippen LogP contribution in [0, 0.1) is 3.57 Å². The molecular weight excluding hydrogens is 251 g/mol. The van der Waals surface area contributed by atoms with E-state index in [0.717, 1.165) is 9.26 Å². The van der Waals surface area contributed by atoms with Crippen molar-refractivity contribution in [3.8, 4) is 0 Å². The highest BCUT2D eigenvalue weighted by molar-refractivity contribution is 14.1.